The van der Waals surface area contributed by atoms with Crippen LogP contribution in [0.2, 0.25) is 0 Å². The average molecular weight is 290 g/mol. The van der Waals surface area contributed by atoms with Crippen molar-refractivity contribution in [1.82, 2.24) is 4.90 Å². The van der Waals surface area contributed by atoms with E-state index in [0.717, 1.165) is 17.5 Å². The zero-order valence-corrected chi connectivity index (χ0v) is 14.1. The van der Waals surface area contributed by atoms with Gasteiger partial charge in [0, 0.05) is 26.6 Å². The van der Waals surface area contributed by atoms with E-state index in [1.54, 1.807) is 0 Å². The monoisotopic (exact) mass is 290 g/mol. The molecule has 1 aromatic carbocycles. The third-order valence-electron chi connectivity index (χ3n) is 3.56. The second kappa shape index (κ2) is 7.60. The van der Waals surface area contributed by atoms with Crippen LogP contribution in [0.5, 0.6) is 0 Å². The van der Waals surface area contributed by atoms with E-state index in [1.165, 1.54) is 0 Å². The summed E-state index contributed by atoms with van der Waals surface area (Å²) in [5.74, 6) is 0.625. The number of nitrogens with zero attached hydrogens (tertiary/aromatic N) is 1. The molecule has 3 nitrogen and oxygen atoms in total. The molecule has 0 aliphatic heterocycles. The van der Waals surface area contributed by atoms with Crippen LogP contribution in [0.25, 0.3) is 0 Å². The fraction of sp³-hybridized carbons (Fsp3) is 0.611. The van der Waals surface area contributed by atoms with Gasteiger partial charge in [-0.1, -0.05) is 52.0 Å². The number of rotatable bonds is 6. The summed E-state index contributed by atoms with van der Waals surface area (Å²) in [6, 6.07) is 8.12. The molecule has 0 heterocycles. The van der Waals surface area contributed by atoms with Gasteiger partial charge in [0.25, 0.3) is 0 Å². The van der Waals surface area contributed by atoms with E-state index in [1.807, 2.05) is 30.1 Å². The summed E-state index contributed by atoms with van der Waals surface area (Å²) in [7, 11) is 1.88. The van der Waals surface area contributed by atoms with E-state index in [9.17, 15) is 4.79 Å². The van der Waals surface area contributed by atoms with E-state index < -0.39 is 0 Å². The van der Waals surface area contributed by atoms with E-state index >= 15 is 0 Å². The summed E-state index contributed by atoms with van der Waals surface area (Å²) in [6.45, 7) is 10.00. The summed E-state index contributed by atoms with van der Waals surface area (Å²) in [5, 5.41) is 0. The van der Waals surface area contributed by atoms with Gasteiger partial charge in [-0.25, -0.2) is 0 Å². The van der Waals surface area contributed by atoms with Crippen molar-refractivity contribution in [3.05, 3.63) is 35.4 Å². The van der Waals surface area contributed by atoms with Gasteiger partial charge in [-0.05, 0) is 28.9 Å². The van der Waals surface area contributed by atoms with E-state index in [-0.39, 0.29) is 11.3 Å². The van der Waals surface area contributed by atoms with E-state index in [4.69, 9.17) is 5.73 Å². The molecule has 2 N–H and O–H groups in total. The molecule has 3 heteroatoms. The van der Waals surface area contributed by atoms with Crippen molar-refractivity contribution in [2.24, 2.45) is 17.1 Å². The Hall–Kier alpha value is -1.35. The molecule has 118 valence electrons. The normalized spacial score (nSPS) is 13.0. The van der Waals surface area contributed by atoms with Gasteiger partial charge >= 0.3 is 0 Å². The van der Waals surface area contributed by atoms with Gasteiger partial charge in [-0.3, -0.25) is 4.79 Å². The molecule has 0 aliphatic rings. The van der Waals surface area contributed by atoms with Crippen LogP contribution in [0.3, 0.4) is 0 Å². The van der Waals surface area contributed by atoms with Gasteiger partial charge in [0.05, 0.1) is 0 Å². The maximum Gasteiger partial charge on any atom is 0.222 e. The predicted molar refractivity (Wildman–Crippen MR) is 88.7 cm³/mol. The zero-order valence-electron chi connectivity index (χ0n) is 14.1. The average Bonchev–Trinajstić information content (AvgIpc) is 2.36. The Bertz CT molecular complexity index is 463. The molecule has 1 amide bonds. The molecule has 0 saturated heterocycles. The minimum absolute atomic E-state index is 0.213. The quantitative estimate of drug-likeness (QED) is 0.870. The number of nitrogens with two attached hydrogens (primary N) is 1. The number of hydrogen-bond acceptors (Lipinski definition) is 2. The van der Waals surface area contributed by atoms with Crippen molar-refractivity contribution >= 4 is 5.91 Å². The first-order chi connectivity index (χ1) is 9.71. The van der Waals surface area contributed by atoms with Crippen LogP contribution in [0.4, 0.5) is 0 Å². The van der Waals surface area contributed by atoms with Crippen LogP contribution >= 0.6 is 0 Å². The van der Waals surface area contributed by atoms with Crippen LogP contribution < -0.4 is 5.73 Å². The molecular weight excluding hydrogens is 260 g/mol. The SMILES string of the molecule is CC(CC(=O)N(C)Cc1cccc(CN)c1)CC(C)(C)C. The molecule has 0 aliphatic carbocycles. The molecule has 0 fully saturated rings. The van der Waals surface area contributed by atoms with Crippen LogP contribution in [-0.4, -0.2) is 17.9 Å². The first-order valence-corrected chi connectivity index (χ1v) is 7.73. The lowest BCUT2D eigenvalue weighted by atomic mass is 9.84. The highest BCUT2D eigenvalue weighted by molar-refractivity contribution is 5.76. The van der Waals surface area contributed by atoms with Crippen molar-refractivity contribution in [2.45, 2.75) is 53.6 Å². The zero-order chi connectivity index (χ0) is 16.0. The lowest BCUT2D eigenvalue weighted by Gasteiger charge is -2.25. The Kier molecular flexibility index (Phi) is 6.41. The minimum Gasteiger partial charge on any atom is -0.341 e. The molecule has 0 bridgehead atoms. The summed E-state index contributed by atoms with van der Waals surface area (Å²) in [5.41, 5.74) is 8.17. The van der Waals surface area contributed by atoms with E-state index in [2.05, 4.69) is 33.8 Å². The number of benzene rings is 1. The molecule has 1 unspecified atom stereocenters. The largest absolute Gasteiger partial charge is 0.341 e. The second-order valence-corrected chi connectivity index (χ2v) is 7.35. The third-order valence-corrected chi connectivity index (χ3v) is 3.56. The van der Waals surface area contributed by atoms with Gasteiger partial charge in [0.1, 0.15) is 0 Å². The number of carbonyl (C=O) groups excluding carboxylic acids is 1. The molecular formula is C18H30N2O. The first kappa shape index (κ1) is 17.7. The van der Waals surface area contributed by atoms with Gasteiger partial charge < -0.3 is 10.6 Å². The molecule has 1 atom stereocenters. The fourth-order valence-electron chi connectivity index (χ4n) is 2.79. The standard InChI is InChI=1S/C18H30N2O/c1-14(11-18(2,3)4)9-17(21)20(5)13-16-8-6-7-15(10-16)12-19/h6-8,10,14H,9,11-13,19H2,1-5H3. The Labute approximate surface area is 129 Å². The van der Waals surface area contributed by atoms with Crippen molar-refractivity contribution in [3.63, 3.8) is 0 Å². The molecule has 1 aromatic rings. The summed E-state index contributed by atoms with van der Waals surface area (Å²) >= 11 is 0. The number of hydrogen-bond donors (Lipinski definition) is 1. The minimum atomic E-state index is 0.213. The Morgan fingerprint density at radius 2 is 1.90 bits per heavy atom. The Balaban J connectivity index is 2.54. The Morgan fingerprint density at radius 3 is 2.48 bits per heavy atom. The highest BCUT2D eigenvalue weighted by Crippen LogP contribution is 2.26. The van der Waals surface area contributed by atoms with Crippen molar-refractivity contribution in [3.8, 4) is 0 Å². The summed E-state index contributed by atoms with van der Waals surface area (Å²) in [6.07, 6.45) is 1.68. The topological polar surface area (TPSA) is 46.3 Å². The van der Waals surface area contributed by atoms with Gasteiger partial charge in [-0.15, -0.1) is 0 Å². The van der Waals surface area contributed by atoms with Crippen molar-refractivity contribution in [1.29, 1.82) is 0 Å². The van der Waals surface area contributed by atoms with Gasteiger partial charge in [-0.2, -0.15) is 0 Å². The maximum atomic E-state index is 12.3. The van der Waals surface area contributed by atoms with Crippen LogP contribution in [0.15, 0.2) is 24.3 Å². The van der Waals surface area contributed by atoms with Crippen LogP contribution in [0.1, 0.15) is 51.7 Å². The van der Waals surface area contributed by atoms with Crippen molar-refractivity contribution in [2.75, 3.05) is 7.05 Å². The van der Waals surface area contributed by atoms with Gasteiger partial charge in [0.15, 0.2) is 0 Å². The van der Waals surface area contributed by atoms with Crippen LogP contribution in [0, 0.1) is 11.3 Å². The molecule has 0 aromatic heterocycles. The third kappa shape index (κ3) is 6.76. The van der Waals surface area contributed by atoms with Crippen molar-refractivity contribution < 1.29 is 4.79 Å². The molecule has 1 rings (SSSR count). The smallest absolute Gasteiger partial charge is 0.222 e. The molecule has 21 heavy (non-hydrogen) atoms. The highest BCUT2D eigenvalue weighted by Gasteiger charge is 2.19. The fourth-order valence-corrected chi connectivity index (χ4v) is 2.79. The summed E-state index contributed by atoms with van der Waals surface area (Å²) in [4.78, 5) is 14.1. The Morgan fingerprint density at radius 1 is 1.29 bits per heavy atom. The first-order valence-electron chi connectivity index (χ1n) is 7.73. The molecule has 0 spiro atoms. The van der Waals surface area contributed by atoms with Crippen LogP contribution in [-0.2, 0) is 17.9 Å². The lowest BCUT2D eigenvalue weighted by molar-refractivity contribution is -0.131. The number of carbonyl (C=O) groups is 1. The summed E-state index contributed by atoms with van der Waals surface area (Å²) < 4.78 is 0. The number of amides is 1. The van der Waals surface area contributed by atoms with Gasteiger partial charge in [0.2, 0.25) is 5.91 Å². The highest BCUT2D eigenvalue weighted by atomic mass is 16.2. The maximum absolute atomic E-state index is 12.3. The second-order valence-electron chi connectivity index (χ2n) is 7.35. The van der Waals surface area contributed by atoms with E-state index in [0.29, 0.717) is 25.4 Å². The molecule has 0 radical (unpaired) electrons. The molecule has 0 saturated carbocycles. The lowest BCUT2D eigenvalue weighted by Crippen LogP contribution is -2.28. The predicted octanol–water partition coefficient (Wildman–Crippen LogP) is 3.57.